The summed E-state index contributed by atoms with van der Waals surface area (Å²) in [6.45, 7) is 0. The second-order valence-corrected chi connectivity index (χ2v) is 4.76. The highest BCUT2D eigenvalue weighted by Gasteiger charge is 2.21. The van der Waals surface area contributed by atoms with Crippen LogP contribution in [0, 0.1) is 0 Å². The first-order chi connectivity index (χ1) is 9.18. The first-order valence-electron chi connectivity index (χ1n) is 5.84. The second kappa shape index (κ2) is 6.26. The molecule has 5 heteroatoms. The van der Waals surface area contributed by atoms with Crippen LogP contribution in [0.25, 0.3) is 0 Å². The summed E-state index contributed by atoms with van der Waals surface area (Å²) in [6.07, 6.45) is 0. The molecule has 0 aliphatic carbocycles. The second-order valence-electron chi connectivity index (χ2n) is 4.11. The molecule has 0 saturated heterocycles. The molecule has 0 fully saturated rings. The van der Waals surface area contributed by atoms with Crippen molar-refractivity contribution in [2.75, 3.05) is 0 Å². The monoisotopic (exact) mass is 274 g/mol. The molecule has 19 heavy (non-hydrogen) atoms. The maximum Gasteiger partial charge on any atom is 0.311 e. The fourth-order valence-electron chi connectivity index (χ4n) is 1.93. The Kier molecular flexibility index (Phi) is 4.43. The minimum atomic E-state index is -2.50. The molecule has 2 atom stereocenters. The van der Waals surface area contributed by atoms with Crippen molar-refractivity contribution in [2.45, 2.75) is 12.1 Å². The van der Waals surface area contributed by atoms with E-state index < -0.39 is 22.6 Å². The summed E-state index contributed by atoms with van der Waals surface area (Å²) in [7, 11) is -2.50. The average molecular weight is 274 g/mol. The van der Waals surface area contributed by atoms with E-state index in [4.69, 9.17) is 5.73 Å². The third-order valence-electron chi connectivity index (χ3n) is 2.87. The van der Waals surface area contributed by atoms with Gasteiger partial charge in [-0.1, -0.05) is 60.7 Å². The van der Waals surface area contributed by atoms with Crippen LogP contribution in [0.15, 0.2) is 65.0 Å². The lowest BCUT2D eigenvalue weighted by Crippen LogP contribution is -2.18. The molecule has 0 amide bonds. The molecule has 0 aliphatic rings. The van der Waals surface area contributed by atoms with Gasteiger partial charge in [0.1, 0.15) is 6.04 Å². The van der Waals surface area contributed by atoms with Gasteiger partial charge in [0.15, 0.2) is 0 Å². The van der Waals surface area contributed by atoms with E-state index in [1.807, 2.05) is 60.7 Å². The molecule has 0 spiro atoms. The fourth-order valence-corrected chi connectivity index (χ4v) is 2.37. The molecule has 2 unspecified atom stereocenters. The number of hydrogen-bond acceptors (Lipinski definition) is 4. The van der Waals surface area contributed by atoms with Crippen molar-refractivity contribution in [3.05, 3.63) is 71.8 Å². The standard InChI is InChI=1S/C14H14N2O2S/c15-13(11-7-3-1-4-8-11)14(16-19(17)18)12-9-5-2-6-10-12/h1-10,13-14H,15H2. The minimum absolute atomic E-state index is 0.499. The molecule has 98 valence electrons. The largest absolute Gasteiger partial charge is 0.322 e. The van der Waals surface area contributed by atoms with Crippen molar-refractivity contribution < 1.29 is 8.42 Å². The molecule has 0 aromatic heterocycles. The van der Waals surface area contributed by atoms with E-state index in [9.17, 15) is 8.42 Å². The Morgan fingerprint density at radius 2 is 1.32 bits per heavy atom. The number of hydrogen-bond donors (Lipinski definition) is 1. The normalized spacial score (nSPS) is 13.5. The van der Waals surface area contributed by atoms with E-state index in [0.29, 0.717) is 0 Å². The third kappa shape index (κ3) is 3.49. The topological polar surface area (TPSA) is 72.5 Å². The van der Waals surface area contributed by atoms with Gasteiger partial charge in [0.2, 0.25) is 0 Å². The Bertz CT molecular complexity index is 646. The summed E-state index contributed by atoms with van der Waals surface area (Å²) in [6, 6.07) is 17.4. The number of rotatable bonds is 4. The first kappa shape index (κ1) is 13.5. The summed E-state index contributed by atoms with van der Waals surface area (Å²) in [5, 5.41) is 0. The highest BCUT2D eigenvalue weighted by molar-refractivity contribution is 7.61. The Balaban J connectivity index is 2.42. The zero-order valence-corrected chi connectivity index (χ0v) is 11.0. The maximum absolute atomic E-state index is 10.9. The average Bonchev–Trinajstić information content (AvgIpc) is 2.46. The quantitative estimate of drug-likeness (QED) is 0.931. The van der Waals surface area contributed by atoms with Crippen LogP contribution in [0.1, 0.15) is 23.2 Å². The highest BCUT2D eigenvalue weighted by atomic mass is 32.2. The molecule has 0 radical (unpaired) electrons. The summed E-state index contributed by atoms with van der Waals surface area (Å²) in [5.41, 5.74) is 7.79. The van der Waals surface area contributed by atoms with Crippen LogP contribution >= 0.6 is 0 Å². The first-order valence-corrected chi connectivity index (χ1v) is 6.87. The molecule has 0 saturated carbocycles. The zero-order chi connectivity index (χ0) is 13.7. The van der Waals surface area contributed by atoms with Gasteiger partial charge in [0.25, 0.3) is 0 Å². The van der Waals surface area contributed by atoms with Gasteiger partial charge >= 0.3 is 10.5 Å². The van der Waals surface area contributed by atoms with Gasteiger partial charge in [-0.25, -0.2) is 0 Å². The highest BCUT2D eigenvalue weighted by Crippen LogP contribution is 2.29. The van der Waals surface area contributed by atoms with E-state index >= 15 is 0 Å². The van der Waals surface area contributed by atoms with E-state index in [0.717, 1.165) is 11.1 Å². The van der Waals surface area contributed by atoms with Crippen LogP contribution in [0.5, 0.6) is 0 Å². The summed E-state index contributed by atoms with van der Waals surface area (Å²) in [5.74, 6) is 0. The summed E-state index contributed by atoms with van der Waals surface area (Å²) >= 11 is 0. The third-order valence-corrected chi connectivity index (χ3v) is 3.26. The molecule has 0 heterocycles. The predicted octanol–water partition coefficient (Wildman–Crippen LogP) is 2.49. The van der Waals surface area contributed by atoms with E-state index in [2.05, 4.69) is 4.36 Å². The summed E-state index contributed by atoms with van der Waals surface area (Å²) in [4.78, 5) is 0. The van der Waals surface area contributed by atoms with Gasteiger partial charge in [0, 0.05) is 0 Å². The number of nitrogens with zero attached hydrogens (tertiary/aromatic N) is 1. The van der Waals surface area contributed by atoms with Gasteiger partial charge in [-0.05, 0) is 11.1 Å². The van der Waals surface area contributed by atoms with Crippen molar-refractivity contribution in [3.63, 3.8) is 0 Å². The van der Waals surface area contributed by atoms with Crippen molar-refractivity contribution in [1.82, 2.24) is 0 Å². The van der Waals surface area contributed by atoms with Crippen LogP contribution in [-0.2, 0) is 10.5 Å². The molecular formula is C14H14N2O2S. The van der Waals surface area contributed by atoms with Crippen LogP contribution in [-0.4, -0.2) is 8.42 Å². The number of nitrogens with two attached hydrogens (primary N) is 1. The van der Waals surface area contributed by atoms with Crippen LogP contribution < -0.4 is 5.73 Å². The minimum Gasteiger partial charge on any atom is -0.322 e. The van der Waals surface area contributed by atoms with Gasteiger partial charge in [0.05, 0.1) is 6.04 Å². The smallest absolute Gasteiger partial charge is 0.311 e. The predicted molar refractivity (Wildman–Crippen MR) is 73.9 cm³/mol. The van der Waals surface area contributed by atoms with Gasteiger partial charge in [-0.15, -0.1) is 0 Å². The molecule has 2 aromatic rings. The molecular weight excluding hydrogens is 260 g/mol. The van der Waals surface area contributed by atoms with Gasteiger partial charge < -0.3 is 5.73 Å². The van der Waals surface area contributed by atoms with Gasteiger partial charge in [-0.3, -0.25) is 0 Å². The van der Waals surface area contributed by atoms with Crippen LogP contribution in [0.3, 0.4) is 0 Å². The summed E-state index contributed by atoms with van der Waals surface area (Å²) < 4.78 is 25.5. The van der Waals surface area contributed by atoms with Crippen molar-refractivity contribution >= 4 is 10.5 Å². The molecule has 2 rings (SSSR count). The lowest BCUT2D eigenvalue weighted by atomic mass is 9.95. The van der Waals surface area contributed by atoms with Crippen LogP contribution in [0.2, 0.25) is 0 Å². The van der Waals surface area contributed by atoms with E-state index in [1.54, 1.807) is 0 Å². The lowest BCUT2D eigenvalue weighted by Gasteiger charge is -2.19. The SMILES string of the molecule is NC(c1ccccc1)C(N=S(=O)=O)c1ccccc1. The van der Waals surface area contributed by atoms with Gasteiger partial charge in [-0.2, -0.15) is 12.8 Å². The fraction of sp³-hybridized carbons (Fsp3) is 0.143. The molecule has 4 nitrogen and oxygen atoms in total. The van der Waals surface area contributed by atoms with Crippen molar-refractivity contribution in [1.29, 1.82) is 0 Å². The lowest BCUT2D eigenvalue weighted by molar-refractivity contribution is 0.566. The van der Waals surface area contributed by atoms with E-state index in [-0.39, 0.29) is 0 Å². The van der Waals surface area contributed by atoms with E-state index in [1.165, 1.54) is 0 Å². The molecule has 0 bridgehead atoms. The number of benzene rings is 2. The molecule has 0 aliphatic heterocycles. The Labute approximate surface area is 113 Å². The van der Waals surface area contributed by atoms with Crippen molar-refractivity contribution in [2.24, 2.45) is 10.1 Å². The van der Waals surface area contributed by atoms with Crippen LogP contribution in [0.4, 0.5) is 0 Å². The Hall–Kier alpha value is -1.98. The van der Waals surface area contributed by atoms with Crippen molar-refractivity contribution in [3.8, 4) is 0 Å². The Morgan fingerprint density at radius 1 is 0.842 bits per heavy atom. The maximum atomic E-state index is 10.9. The Morgan fingerprint density at radius 3 is 1.79 bits per heavy atom. The molecule has 2 N–H and O–H groups in total. The zero-order valence-electron chi connectivity index (χ0n) is 10.2. The molecule has 2 aromatic carbocycles.